The fraction of sp³-hybridized carbons (Fsp3) is 0.125. The van der Waals surface area contributed by atoms with Crippen molar-refractivity contribution in [3.63, 3.8) is 0 Å². The average molecular weight is 342 g/mol. The van der Waals surface area contributed by atoms with Gasteiger partial charge in [-0.2, -0.15) is 5.10 Å². The number of thiazole rings is 1. The molecule has 1 aromatic carbocycles. The topological polar surface area (TPSA) is 97.1 Å². The van der Waals surface area contributed by atoms with E-state index in [9.17, 15) is 9.59 Å². The Labute approximate surface area is 141 Å². The monoisotopic (exact) mass is 342 g/mol. The molecule has 2 N–H and O–H groups in total. The quantitative estimate of drug-likeness (QED) is 0.742. The molecule has 7 nitrogen and oxygen atoms in total. The van der Waals surface area contributed by atoms with E-state index in [1.54, 1.807) is 30.5 Å². The lowest BCUT2D eigenvalue weighted by atomic mass is 10.2. The van der Waals surface area contributed by atoms with Crippen molar-refractivity contribution in [2.24, 2.45) is 0 Å². The van der Waals surface area contributed by atoms with Gasteiger partial charge in [0.2, 0.25) is 0 Å². The van der Waals surface area contributed by atoms with Crippen molar-refractivity contribution in [1.29, 1.82) is 0 Å². The number of carboxylic acids is 1. The van der Waals surface area contributed by atoms with Gasteiger partial charge in [0.1, 0.15) is 10.7 Å². The SMILES string of the molecule is CC(NC(=O)c1cc(C(=O)O)nn1-c1ccccc1)c1nccs1. The summed E-state index contributed by atoms with van der Waals surface area (Å²) in [6.07, 6.45) is 1.67. The minimum absolute atomic E-state index is 0.155. The molecule has 1 amide bonds. The molecule has 0 aliphatic heterocycles. The van der Waals surface area contributed by atoms with Crippen LogP contribution < -0.4 is 5.32 Å². The molecule has 2 heterocycles. The highest BCUT2D eigenvalue weighted by Crippen LogP contribution is 2.17. The minimum atomic E-state index is -1.19. The number of aromatic carboxylic acids is 1. The highest BCUT2D eigenvalue weighted by molar-refractivity contribution is 7.09. The van der Waals surface area contributed by atoms with Gasteiger partial charge in [-0.25, -0.2) is 14.5 Å². The van der Waals surface area contributed by atoms with Crippen LogP contribution in [0.4, 0.5) is 0 Å². The number of hydrogen-bond acceptors (Lipinski definition) is 5. The van der Waals surface area contributed by atoms with Gasteiger partial charge in [0, 0.05) is 17.6 Å². The maximum atomic E-state index is 12.6. The van der Waals surface area contributed by atoms with Crippen LogP contribution in [-0.2, 0) is 0 Å². The number of hydrogen-bond donors (Lipinski definition) is 2. The van der Waals surface area contributed by atoms with Gasteiger partial charge >= 0.3 is 5.97 Å². The van der Waals surface area contributed by atoms with Crippen molar-refractivity contribution in [3.8, 4) is 5.69 Å². The van der Waals surface area contributed by atoms with Crippen molar-refractivity contribution in [2.45, 2.75) is 13.0 Å². The van der Waals surface area contributed by atoms with Crippen LogP contribution in [0.25, 0.3) is 5.69 Å². The van der Waals surface area contributed by atoms with Crippen LogP contribution in [0, 0.1) is 0 Å². The first kappa shape index (κ1) is 15.9. The Bertz CT molecular complexity index is 859. The van der Waals surface area contributed by atoms with E-state index in [-0.39, 0.29) is 17.4 Å². The zero-order valence-electron chi connectivity index (χ0n) is 12.7. The number of nitrogens with zero attached hydrogens (tertiary/aromatic N) is 3. The molecular weight excluding hydrogens is 328 g/mol. The predicted molar refractivity (Wildman–Crippen MR) is 88.5 cm³/mol. The molecule has 2 aromatic heterocycles. The molecule has 24 heavy (non-hydrogen) atoms. The maximum absolute atomic E-state index is 12.6. The standard InChI is InChI=1S/C16H14N4O3S/c1-10(15-17-7-8-24-15)18-14(21)13-9-12(16(22)23)19-20(13)11-5-3-2-4-6-11/h2-10H,1H3,(H,18,21)(H,22,23). The summed E-state index contributed by atoms with van der Waals surface area (Å²) >= 11 is 1.44. The minimum Gasteiger partial charge on any atom is -0.476 e. The molecule has 0 aliphatic rings. The number of aromatic nitrogens is 3. The normalized spacial score (nSPS) is 11.9. The summed E-state index contributed by atoms with van der Waals surface area (Å²) in [6.45, 7) is 1.82. The average Bonchev–Trinajstić information content (AvgIpc) is 3.25. The van der Waals surface area contributed by atoms with Crippen molar-refractivity contribution >= 4 is 23.2 Å². The van der Waals surface area contributed by atoms with Crippen LogP contribution in [0.5, 0.6) is 0 Å². The second kappa shape index (κ2) is 6.63. The summed E-state index contributed by atoms with van der Waals surface area (Å²) in [5.41, 5.74) is 0.574. The number of nitrogens with one attached hydrogen (secondary N) is 1. The Hall–Kier alpha value is -3.00. The maximum Gasteiger partial charge on any atom is 0.356 e. The van der Waals surface area contributed by atoms with Gasteiger partial charge in [0.15, 0.2) is 5.69 Å². The molecule has 0 bridgehead atoms. The Morgan fingerprint density at radius 3 is 2.67 bits per heavy atom. The fourth-order valence-corrected chi connectivity index (χ4v) is 2.84. The Morgan fingerprint density at radius 1 is 1.29 bits per heavy atom. The van der Waals surface area contributed by atoms with Crippen molar-refractivity contribution in [1.82, 2.24) is 20.1 Å². The summed E-state index contributed by atoms with van der Waals surface area (Å²) in [5, 5.41) is 18.6. The van der Waals surface area contributed by atoms with E-state index in [1.165, 1.54) is 22.1 Å². The predicted octanol–water partition coefficient (Wildman–Crippen LogP) is 2.52. The molecule has 3 rings (SSSR count). The van der Waals surface area contributed by atoms with Crippen LogP contribution in [0.15, 0.2) is 48.0 Å². The molecule has 0 fully saturated rings. The zero-order valence-corrected chi connectivity index (χ0v) is 13.5. The van der Waals surface area contributed by atoms with Crippen LogP contribution >= 0.6 is 11.3 Å². The first-order valence-electron chi connectivity index (χ1n) is 7.15. The van der Waals surface area contributed by atoms with Crippen molar-refractivity contribution in [2.75, 3.05) is 0 Å². The molecule has 122 valence electrons. The lowest BCUT2D eigenvalue weighted by molar-refractivity contribution is 0.0689. The summed E-state index contributed by atoms with van der Waals surface area (Å²) in [7, 11) is 0. The third kappa shape index (κ3) is 3.18. The molecule has 1 unspecified atom stereocenters. The second-order valence-corrected chi connectivity index (χ2v) is 5.96. The van der Waals surface area contributed by atoms with Crippen molar-refractivity contribution < 1.29 is 14.7 Å². The van der Waals surface area contributed by atoms with Gasteiger partial charge in [-0.1, -0.05) is 18.2 Å². The fourth-order valence-electron chi connectivity index (χ4n) is 2.19. The van der Waals surface area contributed by atoms with E-state index in [2.05, 4.69) is 15.4 Å². The smallest absolute Gasteiger partial charge is 0.356 e. The number of carbonyl (C=O) groups is 2. The first-order chi connectivity index (χ1) is 11.6. The van der Waals surface area contributed by atoms with E-state index in [0.29, 0.717) is 5.69 Å². The first-order valence-corrected chi connectivity index (χ1v) is 8.03. The van der Waals surface area contributed by atoms with E-state index < -0.39 is 11.9 Å². The molecule has 0 saturated heterocycles. The Morgan fingerprint density at radius 2 is 2.04 bits per heavy atom. The summed E-state index contributed by atoms with van der Waals surface area (Å²) in [6, 6.07) is 9.88. The molecule has 8 heteroatoms. The van der Waals surface area contributed by atoms with Crippen LogP contribution in [0.3, 0.4) is 0 Å². The summed E-state index contributed by atoms with van der Waals surface area (Å²) < 4.78 is 1.33. The summed E-state index contributed by atoms with van der Waals surface area (Å²) in [5.74, 6) is -1.60. The number of benzene rings is 1. The van der Waals surface area contributed by atoms with Gasteiger partial charge in [-0.15, -0.1) is 11.3 Å². The largest absolute Gasteiger partial charge is 0.476 e. The Balaban J connectivity index is 1.94. The highest BCUT2D eigenvalue weighted by Gasteiger charge is 2.21. The lowest BCUT2D eigenvalue weighted by Crippen LogP contribution is -2.28. The van der Waals surface area contributed by atoms with Crippen LogP contribution in [0.2, 0.25) is 0 Å². The number of amides is 1. The molecule has 0 saturated carbocycles. The van der Waals surface area contributed by atoms with Gasteiger partial charge in [0.25, 0.3) is 5.91 Å². The number of carbonyl (C=O) groups excluding carboxylic acids is 1. The van der Waals surface area contributed by atoms with Crippen LogP contribution in [0.1, 0.15) is 39.0 Å². The van der Waals surface area contributed by atoms with Gasteiger partial charge < -0.3 is 10.4 Å². The number of para-hydroxylation sites is 1. The zero-order chi connectivity index (χ0) is 17.1. The summed E-state index contributed by atoms with van der Waals surface area (Å²) in [4.78, 5) is 28.0. The molecule has 0 aliphatic carbocycles. The highest BCUT2D eigenvalue weighted by atomic mass is 32.1. The Kier molecular flexibility index (Phi) is 4.39. The van der Waals surface area contributed by atoms with E-state index in [4.69, 9.17) is 5.11 Å². The van der Waals surface area contributed by atoms with Gasteiger partial charge in [-0.3, -0.25) is 4.79 Å². The molecular formula is C16H14N4O3S. The lowest BCUT2D eigenvalue weighted by Gasteiger charge is -2.12. The third-order valence-corrected chi connectivity index (χ3v) is 4.29. The van der Waals surface area contributed by atoms with Crippen LogP contribution in [-0.4, -0.2) is 31.7 Å². The molecule has 3 aromatic rings. The second-order valence-electron chi connectivity index (χ2n) is 5.03. The number of rotatable bonds is 5. The third-order valence-electron chi connectivity index (χ3n) is 3.33. The van der Waals surface area contributed by atoms with Gasteiger partial charge in [0.05, 0.1) is 11.7 Å². The van der Waals surface area contributed by atoms with Gasteiger partial charge in [-0.05, 0) is 19.1 Å². The number of carboxylic acid groups (broad SMARTS) is 1. The molecule has 0 radical (unpaired) electrons. The van der Waals surface area contributed by atoms with E-state index in [1.807, 2.05) is 18.4 Å². The van der Waals surface area contributed by atoms with E-state index in [0.717, 1.165) is 5.01 Å². The van der Waals surface area contributed by atoms with E-state index >= 15 is 0 Å². The molecule has 1 atom stereocenters. The van der Waals surface area contributed by atoms with Crippen molar-refractivity contribution in [3.05, 3.63) is 64.4 Å². The molecule has 0 spiro atoms.